The van der Waals surface area contributed by atoms with Crippen molar-refractivity contribution in [2.45, 2.75) is 31.6 Å². The predicted molar refractivity (Wildman–Crippen MR) is 106 cm³/mol. The summed E-state index contributed by atoms with van der Waals surface area (Å²) in [5, 5.41) is 6.80. The molecule has 144 valence electrons. The lowest BCUT2D eigenvalue weighted by atomic mass is 9.68. The Morgan fingerprint density at radius 2 is 1.93 bits per heavy atom. The van der Waals surface area contributed by atoms with E-state index in [1.807, 2.05) is 47.2 Å². The fourth-order valence-corrected chi connectivity index (χ4v) is 4.94. The highest BCUT2D eigenvalue weighted by Gasteiger charge is 2.47. The van der Waals surface area contributed by atoms with Crippen LogP contribution in [-0.2, 0) is 19.1 Å². The van der Waals surface area contributed by atoms with Gasteiger partial charge in [-0.3, -0.25) is 14.4 Å². The summed E-state index contributed by atoms with van der Waals surface area (Å²) in [6, 6.07) is 11.4. The van der Waals surface area contributed by atoms with Gasteiger partial charge in [0.25, 0.3) is 0 Å². The van der Waals surface area contributed by atoms with E-state index in [0.29, 0.717) is 17.7 Å². The van der Waals surface area contributed by atoms with Crippen LogP contribution in [-0.4, -0.2) is 24.3 Å². The zero-order chi connectivity index (χ0) is 19.7. The Morgan fingerprint density at radius 3 is 2.61 bits per heavy atom. The number of nitrogens with one attached hydrogen (secondary N) is 1. The number of carbonyl (C=O) groups is 3. The topological polar surface area (TPSA) is 72.5 Å². The maximum absolute atomic E-state index is 13.6. The lowest BCUT2D eigenvalue weighted by Gasteiger charge is -2.37. The highest BCUT2D eigenvalue weighted by molar-refractivity contribution is 7.08. The first-order chi connectivity index (χ1) is 13.6. The number of ketones is 1. The summed E-state index contributed by atoms with van der Waals surface area (Å²) in [5.74, 6) is -2.37. The Hall–Kier alpha value is -2.73. The first-order valence-electron chi connectivity index (χ1n) is 9.41. The lowest BCUT2D eigenvalue weighted by molar-refractivity contribution is -0.152. The number of hydrogen-bond donors (Lipinski definition) is 1. The van der Waals surface area contributed by atoms with E-state index in [2.05, 4.69) is 5.32 Å². The molecule has 0 unspecified atom stereocenters. The summed E-state index contributed by atoms with van der Waals surface area (Å²) in [7, 11) is 0. The van der Waals surface area contributed by atoms with Crippen molar-refractivity contribution in [1.82, 2.24) is 5.32 Å². The first kappa shape index (κ1) is 18.6. The summed E-state index contributed by atoms with van der Waals surface area (Å²) in [6.45, 7) is 1.96. The Bertz CT molecular complexity index is 933. The van der Waals surface area contributed by atoms with Crippen LogP contribution < -0.4 is 5.32 Å². The standard InChI is InChI=1S/C22H21NO4S/c1-2-27-22(26)20-15(13-6-4-3-5-7-13)10-17-19(21(20)25)16(11-18(24)23-17)14-8-9-28-12-14/h3-9,12,15-16,20H,2,10-11H2,1H3,(H,23,24)/t15-,16-,20+/m1/s1. The van der Waals surface area contributed by atoms with Crippen molar-refractivity contribution in [3.8, 4) is 0 Å². The molecule has 1 aliphatic heterocycles. The third-order valence-corrected chi connectivity index (χ3v) is 6.14. The fourth-order valence-electron chi connectivity index (χ4n) is 4.23. The molecular weight excluding hydrogens is 374 g/mol. The van der Waals surface area contributed by atoms with Crippen molar-refractivity contribution in [2.75, 3.05) is 6.61 Å². The number of carbonyl (C=O) groups excluding carboxylic acids is 3. The quantitative estimate of drug-likeness (QED) is 0.635. The van der Waals surface area contributed by atoms with Crippen molar-refractivity contribution in [2.24, 2.45) is 5.92 Å². The molecule has 2 heterocycles. The third kappa shape index (κ3) is 3.29. The Balaban J connectivity index is 1.81. The second-order valence-corrected chi connectivity index (χ2v) is 7.85. The number of thiophene rings is 1. The largest absolute Gasteiger partial charge is 0.465 e. The highest BCUT2D eigenvalue weighted by atomic mass is 32.1. The minimum absolute atomic E-state index is 0.0934. The molecule has 1 aliphatic carbocycles. The number of hydrogen-bond acceptors (Lipinski definition) is 5. The van der Waals surface area contributed by atoms with E-state index in [4.69, 9.17) is 4.74 Å². The van der Waals surface area contributed by atoms with Gasteiger partial charge in [-0.2, -0.15) is 11.3 Å². The lowest BCUT2D eigenvalue weighted by Crippen LogP contribution is -2.44. The molecule has 0 bridgehead atoms. The van der Waals surface area contributed by atoms with Crippen LogP contribution in [0.3, 0.4) is 0 Å². The number of esters is 1. The summed E-state index contributed by atoms with van der Waals surface area (Å²) in [4.78, 5) is 38.7. The van der Waals surface area contributed by atoms with E-state index < -0.39 is 11.9 Å². The number of amides is 1. The molecule has 1 aromatic carbocycles. The van der Waals surface area contributed by atoms with Crippen molar-refractivity contribution < 1.29 is 19.1 Å². The molecule has 6 heteroatoms. The zero-order valence-corrected chi connectivity index (χ0v) is 16.3. The number of Topliss-reactive ketones (excluding diaryl/α,β-unsaturated/α-hetero) is 1. The van der Waals surface area contributed by atoms with Crippen LogP contribution >= 0.6 is 11.3 Å². The van der Waals surface area contributed by atoms with Gasteiger partial charge < -0.3 is 10.1 Å². The van der Waals surface area contributed by atoms with Crippen molar-refractivity contribution in [3.05, 3.63) is 69.6 Å². The van der Waals surface area contributed by atoms with E-state index in [1.54, 1.807) is 6.92 Å². The molecule has 3 atom stereocenters. The molecule has 2 aromatic rings. The fraction of sp³-hybridized carbons (Fsp3) is 0.318. The normalized spacial score (nSPS) is 24.5. The van der Waals surface area contributed by atoms with Gasteiger partial charge in [0.2, 0.25) is 5.91 Å². The molecule has 5 nitrogen and oxygen atoms in total. The zero-order valence-electron chi connectivity index (χ0n) is 15.5. The summed E-state index contributed by atoms with van der Waals surface area (Å²) in [6.07, 6.45) is 0.647. The van der Waals surface area contributed by atoms with Crippen LogP contribution in [0.5, 0.6) is 0 Å². The minimum atomic E-state index is -0.891. The Kier molecular flexibility index (Phi) is 5.13. The van der Waals surface area contributed by atoms with Crippen molar-refractivity contribution >= 4 is 29.0 Å². The molecule has 0 saturated heterocycles. The number of rotatable bonds is 4. The first-order valence-corrected chi connectivity index (χ1v) is 10.3. The SMILES string of the molecule is CCOC(=O)[C@@H]1C(=O)C2=C(C[C@@H]1c1ccccc1)NC(=O)C[C@@H]2c1ccsc1. The van der Waals surface area contributed by atoms with Crippen molar-refractivity contribution in [1.29, 1.82) is 0 Å². The van der Waals surface area contributed by atoms with Gasteiger partial charge in [0.15, 0.2) is 5.78 Å². The average molecular weight is 395 g/mol. The Labute approximate surface area is 167 Å². The van der Waals surface area contributed by atoms with E-state index in [0.717, 1.165) is 11.1 Å². The van der Waals surface area contributed by atoms with Gasteiger partial charge in [-0.05, 0) is 41.3 Å². The third-order valence-electron chi connectivity index (χ3n) is 5.44. The molecule has 0 saturated carbocycles. The molecule has 2 aliphatic rings. The molecule has 1 amide bonds. The number of benzene rings is 1. The van der Waals surface area contributed by atoms with Gasteiger partial charge in [-0.25, -0.2) is 0 Å². The van der Waals surface area contributed by atoms with Crippen LogP contribution in [0.15, 0.2) is 58.4 Å². The van der Waals surface area contributed by atoms with Crippen LogP contribution in [0.2, 0.25) is 0 Å². The van der Waals surface area contributed by atoms with Gasteiger partial charge in [0.1, 0.15) is 5.92 Å². The van der Waals surface area contributed by atoms with E-state index in [-0.39, 0.29) is 36.6 Å². The molecule has 4 rings (SSSR count). The molecule has 0 fully saturated rings. The van der Waals surface area contributed by atoms with E-state index in [1.165, 1.54) is 11.3 Å². The van der Waals surface area contributed by atoms with Crippen LogP contribution in [0.25, 0.3) is 0 Å². The second-order valence-electron chi connectivity index (χ2n) is 7.07. The van der Waals surface area contributed by atoms with Crippen LogP contribution in [0.4, 0.5) is 0 Å². The second kappa shape index (κ2) is 7.72. The van der Waals surface area contributed by atoms with Crippen LogP contribution in [0, 0.1) is 5.92 Å². The molecule has 1 N–H and O–H groups in total. The van der Waals surface area contributed by atoms with Gasteiger partial charge >= 0.3 is 5.97 Å². The predicted octanol–water partition coefficient (Wildman–Crippen LogP) is 3.54. The smallest absolute Gasteiger partial charge is 0.317 e. The maximum Gasteiger partial charge on any atom is 0.317 e. The molecule has 28 heavy (non-hydrogen) atoms. The molecule has 0 spiro atoms. The monoisotopic (exact) mass is 395 g/mol. The average Bonchev–Trinajstić information content (AvgIpc) is 3.22. The molecular formula is C22H21NO4S. The van der Waals surface area contributed by atoms with Crippen molar-refractivity contribution in [3.63, 3.8) is 0 Å². The van der Waals surface area contributed by atoms with Gasteiger partial charge in [0, 0.05) is 29.5 Å². The summed E-state index contributed by atoms with van der Waals surface area (Å²) in [5.41, 5.74) is 3.05. The van der Waals surface area contributed by atoms with Gasteiger partial charge in [-0.1, -0.05) is 30.3 Å². The Morgan fingerprint density at radius 1 is 1.14 bits per heavy atom. The maximum atomic E-state index is 13.6. The van der Waals surface area contributed by atoms with E-state index >= 15 is 0 Å². The summed E-state index contributed by atoms with van der Waals surface area (Å²) < 4.78 is 5.26. The van der Waals surface area contributed by atoms with Gasteiger partial charge in [0.05, 0.1) is 6.61 Å². The molecule has 0 radical (unpaired) electrons. The van der Waals surface area contributed by atoms with Gasteiger partial charge in [-0.15, -0.1) is 0 Å². The summed E-state index contributed by atoms with van der Waals surface area (Å²) >= 11 is 1.53. The molecule has 1 aromatic heterocycles. The number of allylic oxidation sites excluding steroid dienone is 2. The number of ether oxygens (including phenoxy) is 1. The van der Waals surface area contributed by atoms with E-state index in [9.17, 15) is 14.4 Å². The van der Waals surface area contributed by atoms with Crippen LogP contribution in [0.1, 0.15) is 42.7 Å². The minimum Gasteiger partial charge on any atom is -0.465 e. The highest BCUT2D eigenvalue weighted by Crippen LogP contribution is 2.45.